The van der Waals surface area contributed by atoms with Crippen molar-refractivity contribution < 1.29 is 9.59 Å². The standard InChI is InChI=1S/C28H22Cl2N4O2/c1-16(35)34-25(17-7-6-8-18(29)13-17)14-23(32-34)20-10-3-5-12-24(20)33-27(26(30)28(33)36)21-15-31-22-11-4-2-9-19(21)22/h2-13,15,25-27,31H,14H2,1H3. The Balaban J connectivity index is 1.40. The summed E-state index contributed by atoms with van der Waals surface area (Å²) in [6, 6.07) is 22.5. The van der Waals surface area contributed by atoms with Crippen molar-refractivity contribution in [1.82, 2.24) is 9.99 Å². The highest BCUT2D eigenvalue weighted by Gasteiger charge is 2.49. The molecule has 3 atom stereocenters. The molecule has 180 valence electrons. The van der Waals surface area contributed by atoms with Gasteiger partial charge in [0.05, 0.1) is 23.5 Å². The SMILES string of the molecule is CC(=O)N1N=C(c2ccccc2N2C(=O)C(Cl)C2c2c[nH]c3ccccc23)CC1c1cccc(Cl)c1. The van der Waals surface area contributed by atoms with Gasteiger partial charge in [0.25, 0.3) is 0 Å². The maximum atomic E-state index is 13.1. The largest absolute Gasteiger partial charge is 0.361 e. The molecule has 0 spiro atoms. The van der Waals surface area contributed by atoms with Crippen molar-refractivity contribution in [2.24, 2.45) is 5.10 Å². The molecule has 6 nitrogen and oxygen atoms in total. The van der Waals surface area contributed by atoms with E-state index >= 15 is 0 Å². The van der Waals surface area contributed by atoms with Gasteiger partial charge >= 0.3 is 0 Å². The summed E-state index contributed by atoms with van der Waals surface area (Å²) < 4.78 is 0. The molecule has 6 rings (SSSR count). The molecular formula is C28H22Cl2N4O2. The molecule has 4 aromatic rings. The molecule has 1 aromatic heterocycles. The van der Waals surface area contributed by atoms with Crippen LogP contribution < -0.4 is 4.90 Å². The molecule has 0 radical (unpaired) electrons. The fraction of sp³-hybridized carbons (Fsp3) is 0.179. The number of anilines is 1. The number of para-hydroxylation sites is 2. The van der Waals surface area contributed by atoms with Gasteiger partial charge in [0.2, 0.25) is 11.8 Å². The number of nitrogens with zero attached hydrogens (tertiary/aromatic N) is 3. The quantitative estimate of drug-likeness (QED) is 0.258. The van der Waals surface area contributed by atoms with Crippen LogP contribution in [0.1, 0.15) is 42.1 Å². The lowest BCUT2D eigenvalue weighted by Crippen LogP contribution is -2.56. The van der Waals surface area contributed by atoms with E-state index in [1.165, 1.54) is 11.9 Å². The molecule has 0 bridgehead atoms. The summed E-state index contributed by atoms with van der Waals surface area (Å²) in [7, 11) is 0. The van der Waals surface area contributed by atoms with Gasteiger partial charge in [0.15, 0.2) is 0 Å². The number of hydrazone groups is 1. The summed E-state index contributed by atoms with van der Waals surface area (Å²) in [5.41, 5.74) is 5.13. The summed E-state index contributed by atoms with van der Waals surface area (Å²) in [4.78, 5) is 30.7. The third-order valence-electron chi connectivity index (χ3n) is 6.91. The van der Waals surface area contributed by atoms with Gasteiger partial charge in [-0.3, -0.25) is 9.59 Å². The van der Waals surface area contributed by atoms with E-state index in [2.05, 4.69) is 4.98 Å². The van der Waals surface area contributed by atoms with Crippen molar-refractivity contribution >= 4 is 57.3 Å². The summed E-state index contributed by atoms with van der Waals surface area (Å²) in [5.74, 6) is -0.321. The minimum Gasteiger partial charge on any atom is -0.361 e. The third-order valence-corrected chi connectivity index (χ3v) is 7.57. The number of hydrogen-bond donors (Lipinski definition) is 1. The lowest BCUT2D eigenvalue weighted by molar-refractivity contribution is -0.130. The number of halogens is 2. The lowest BCUT2D eigenvalue weighted by atomic mass is 9.90. The van der Waals surface area contributed by atoms with E-state index in [-0.39, 0.29) is 23.9 Å². The van der Waals surface area contributed by atoms with Crippen molar-refractivity contribution in [3.05, 3.63) is 101 Å². The first-order chi connectivity index (χ1) is 17.4. The summed E-state index contributed by atoms with van der Waals surface area (Å²) >= 11 is 12.8. The van der Waals surface area contributed by atoms with Crippen LogP contribution in [0, 0.1) is 0 Å². The van der Waals surface area contributed by atoms with Gasteiger partial charge in [0.1, 0.15) is 5.38 Å². The number of β-lactam (4-membered cyclic amide) rings is 1. The monoisotopic (exact) mass is 516 g/mol. The Kier molecular flexibility index (Phi) is 5.58. The molecule has 3 unspecified atom stereocenters. The first-order valence-corrected chi connectivity index (χ1v) is 12.5. The molecule has 0 aliphatic carbocycles. The van der Waals surface area contributed by atoms with Crippen LogP contribution in [0.4, 0.5) is 5.69 Å². The van der Waals surface area contributed by atoms with E-state index < -0.39 is 5.38 Å². The number of nitrogens with one attached hydrogen (secondary N) is 1. The topological polar surface area (TPSA) is 68.8 Å². The zero-order valence-corrected chi connectivity index (χ0v) is 20.9. The summed E-state index contributed by atoms with van der Waals surface area (Å²) in [5, 5.41) is 7.17. The smallest absolute Gasteiger partial charge is 0.248 e. The van der Waals surface area contributed by atoms with Crippen LogP contribution in [-0.4, -0.2) is 32.9 Å². The fourth-order valence-corrected chi connectivity index (χ4v) is 5.77. The van der Waals surface area contributed by atoms with Gasteiger partial charge in [0, 0.05) is 46.6 Å². The minimum absolute atomic E-state index is 0.159. The Morgan fingerprint density at radius 1 is 1.06 bits per heavy atom. The molecule has 2 aliphatic rings. The van der Waals surface area contributed by atoms with E-state index in [0.29, 0.717) is 11.4 Å². The zero-order chi connectivity index (χ0) is 25.0. The summed E-state index contributed by atoms with van der Waals surface area (Å²) in [6.45, 7) is 1.50. The number of alkyl halides is 1. The molecule has 1 fully saturated rings. The second-order valence-electron chi connectivity index (χ2n) is 9.05. The van der Waals surface area contributed by atoms with Gasteiger partial charge in [-0.15, -0.1) is 11.6 Å². The number of fused-ring (bicyclic) bond motifs is 1. The predicted octanol–water partition coefficient (Wildman–Crippen LogP) is 6.21. The Morgan fingerprint density at radius 3 is 2.64 bits per heavy atom. The highest BCUT2D eigenvalue weighted by atomic mass is 35.5. The van der Waals surface area contributed by atoms with Crippen molar-refractivity contribution in [2.45, 2.75) is 30.8 Å². The Hall–Kier alpha value is -3.61. The van der Waals surface area contributed by atoms with E-state index in [1.54, 1.807) is 11.0 Å². The molecule has 1 N–H and O–H groups in total. The first-order valence-electron chi connectivity index (χ1n) is 11.7. The van der Waals surface area contributed by atoms with Gasteiger partial charge in [-0.25, -0.2) is 5.01 Å². The van der Waals surface area contributed by atoms with Crippen LogP contribution in [0.3, 0.4) is 0 Å². The maximum absolute atomic E-state index is 13.1. The Labute approximate surface area is 218 Å². The first kappa shape index (κ1) is 22.8. The average Bonchev–Trinajstić information content (AvgIpc) is 3.52. The predicted molar refractivity (Wildman–Crippen MR) is 142 cm³/mol. The molecule has 8 heteroatoms. The van der Waals surface area contributed by atoms with Crippen LogP contribution in [0.25, 0.3) is 10.9 Å². The second kappa shape index (κ2) is 8.80. The van der Waals surface area contributed by atoms with E-state index in [1.807, 2.05) is 72.9 Å². The number of aromatic amines is 1. The normalized spacial score (nSPS) is 21.6. The number of carbonyl (C=O) groups is 2. The van der Waals surface area contributed by atoms with Gasteiger partial charge in [-0.2, -0.15) is 5.10 Å². The maximum Gasteiger partial charge on any atom is 0.248 e. The van der Waals surface area contributed by atoms with Gasteiger partial charge in [-0.1, -0.05) is 60.1 Å². The number of aromatic nitrogens is 1. The van der Waals surface area contributed by atoms with Gasteiger partial charge < -0.3 is 9.88 Å². The highest BCUT2D eigenvalue weighted by molar-refractivity contribution is 6.38. The van der Waals surface area contributed by atoms with Crippen LogP contribution in [0.15, 0.2) is 84.1 Å². The van der Waals surface area contributed by atoms with Crippen molar-refractivity contribution in [3.8, 4) is 0 Å². The molecule has 3 aromatic carbocycles. The van der Waals surface area contributed by atoms with E-state index in [0.717, 1.165) is 39.0 Å². The van der Waals surface area contributed by atoms with Crippen LogP contribution in [0.2, 0.25) is 5.02 Å². The van der Waals surface area contributed by atoms with Crippen LogP contribution >= 0.6 is 23.2 Å². The Morgan fingerprint density at radius 2 is 1.83 bits per heavy atom. The number of benzene rings is 3. The second-order valence-corrected chi connectivity index (χ2v) is 9.95. The van der Waals surface area contributed by atoms with Crippen LogP contribution in [-0.2, 0) is 9.59 Å². The van der Waals surface area contributed by atoms with Gasteiger partial charge in [-0.05, 0) is 29.8 Å². The molecule has 3 heterocycles. The Bertz CT molecular complexity index is 1550. The molecule has 2 aliphatic heterocycles. The molecule has 1 saturated heterocycles. The number of H-pyrrole nitrogens is 1. The number of carbonyl (C=O) groups excluding carboxylic acids is 2. The molecule has 0 saturated carbocycles. The van der Waals surface area contributed by atoms with E-state index in [9.17, 15) is 9.59 Å². The molecule has 36 heavy (non-hydrogen) atoms. The van der Waals surface area contributed by atoms with Crippen molar-refractivity contribution in [1.29, 1.82) is 0 Å². The van der Waals surface area contributed by atoms with Crippen LogP contribution in [0.5, 0.6) is 0 Å². The van der Waals surface area contributed by atoms with Crippen molar-refractivity contribution in [3.63, 3.8) is 0 Å². The number of rotatable bonds is 4. The number of amides is 2. The zero-order valence-electron chi connectivity index (χ0n) is 19.4. The summed E-state index contributed by atoms with van der Waals surface area (Å²) in [6.07, 6.45) is 2.42. The molecular weight excluding hydrogens is 495 g/mol. The highest BCUT2D eigenvalue weighted by Crippen LogP contribution is 2.46. The minimum atomic E-state index is -0.671. The van der Waals surface area contributed by atoms with Crippen molar-refractivity contribution in [2.75, 3.05) is 4.90 Å². The fourth-order valence-electron chi connectivity index (χ4n) is 5.22. The average molecular weight is 517 g/mol. The number of hydrogen-bond acceptors (Lipinski definition) is 3. The molecule has 2 amide bonds. The van der Waals surface area contributed by atoms with E-state index in [4.69, 9.17) is 28.3 Å². The third kappa shape index (κ3) is 3.60. The lowest BCUT2D eigenvalue weighted by Gasteiger charge is -2.45.